The van der Waals surface area contributed by atoms with Crippen LogP contribution in [0.2, 0.25) is 0 Å². The van der Waals surface area contributed by atoms with E-state index in [0.29, 0.717) is 25.1 Å². The summed E-state index contributed by atoms with van der Waals surface area (Å²) < 4.78 is 11.9. The Morgan fingerprint density at radius 2 is 1.83 bits per heavy atom. The second-order valence-corrected chi connectivity index (χ2v) is 8.25. The van der Waals surface area contributed by atoms with Crippen LogP contribution in [0.5, 0.6) is 11.5 Å². The molecule has 3 rings (SSSR count). The predicted octanol–water partition coefficient (Wildman–Crippen LogP) is 2.27. The number of hydrogen-bond acceptors (Lipinski definition) is 5. The minimum atomic E-state index is -0.0349. The van der Waals surface area contributed by atoms with Gasteiger partial charge in [-0.1, -0.05) is 26.0 Å². The maximum absolute atomic E-state index is 6.05. The van der Waals surface area contributed by atoms with Crippen LogP contribution < -0.4 is 20.1 Å². The Balaban J connectivity index is 0.00000320. The van der Waals surface area contributed by atoms with Crippen LogP contribution in [0.1, 0.15) is 20.8 Å². The van der Waals surface area contributed by atoms with Crippen LogP contribution in [-0.2, 0) is 0 Å². The molecule has 2 N–H and O–H groups in total. The van der Waals surface area contributed by atoms with Gasteiger partial charge in [0, 0.05) is 38.8 Å². The van der Waals surface area contributed by atoms with E-state index < -0.39 is 0 Å². The summed E-state index contributed by atoms with van der Waals surface area (Å²) >= 11 is 0. The smallest absolute Gasteiger partial charge is 0.191 e. The first kappa shape index (κ1) is 25.0. The minimum absolute atomic E-state index is 0. The van der Waals surface area contributed by atoms with Gasteiger partial charge in [-0.15, -0.1) is 24.0 Å². The number of halogens is 1. The van der Waals surface area contributed by atoms with Crippen molar-refractivity contribution in [2.45, 2.75) is 32.9 Å². The number of hydrogen-bond donors (Lipinski definition) is 2. The first-order chi connectivity index (χ1) is 14.1. The van der Waals surface area contributed by atoms with Crippen molar-refractivity contribution in [2.24, 2.45) is 10.9 Å². The van der Waals surface area contributed by atoms with Gasteiger partial charge in [-0.25, -0.2) is 0 Å². The molecule has 0 saturated carbocycles. The summed E-state index contributed by atoms with van der Waals surface area (Å²) in [5.41, 5.74) is 0. The molecule has 0 aliphatic carbocycles. The van der Waals surface area contributed by atoms with Crippen molar-refractivity contribution in [3.8, 4) is 11.5 Å². The molecule has 0 bridgehead atoms. The summed E-state index contributed by atoms with van der Waals surface area (Å²) in [6.07, 6.45) is -0.0349. The van der Waals surface area contributed by atoms with Crippen molar-refractivity contribution in [3.05, 3.63) is 24.3 Å². The van der Waals surface area contributed by atoms with Crippen molar-refractivity contribution >= 4 is 29.9 Å². The van der Waals surface area contributed by atoms with E-state index in [4.69, 9.17) is 14.5 Å². The molecule has 2 aliphatic rings. The third-order valence-corrected chi connectivity index (χ3v) is 5.62. The van der Waals surface area contributed by atoms with Gasteiger partial charge in [0.25, 0.3) is 0 Å². The third-order valence-electron chi connectivity index (χ3n) is 5.62. The van der Waals surface area contributed by atoms with Crippen LogP contribution in [0.15, 0.2) is 29.3 Å². The molecule has 2 atom stereocenters. The van der Waals surface area contributed by atoms with E-state index in [9.17, 15) is 0 Å². The quantitative estimate of drug-likeness (QED) is 0.320. The van der Waals surface area contributed by atoms with Gasteiger partial charge in [0.05, 0.1) is 13.1 Å². The summed E-state index contributed by atoms with van der Waals surface area (Å²) in [6.45, 7) is 14.0. The van der Waals surface area contributed by atoms with Gasteiger partial charge >= 0.3 is 0 Å². The number of guanidine groups is 1. The van der Waals surface area contributed by atoms with E-state index in [1.165, 1.54) is 0 Å². The molecular weight excluding hydrogens is 493 g/mol. The molecule has 8 heteroatoms. The standard InChI is InChI=1S/C22H37N5O2.HI/c1-5-23-22(24-14-18-16-28-20-8-6-7-9-21(20)29-18)25-15-19(17(2)3)27-12-10-26(4)11-13-27;/h6-9,17-19H,5,10-16H2,1-4H3,(H2,23,24,25);1H. The molecule has 0 spiro atoms. The SMILES string of the molecule is CCNC(=NCC(C(C)C)N1CCN(C)CC1)NCC1COc2ccccc2O1.I. The van der Waals surface area contributed by atoms with Gasteiger partial charge in [0.15, 0.2) is 17.5 Å². The van der Waals surface area contributed by atoms with Crippen LogP contribution in [0.25, 0.3) is 0 Å². The molecule has 0 amide bonds. The van der Waals surface area contributed by atoms with E-state index in [-0.39, 0.29) is 30.1 Å². The second-order valence-electron chi connectivity index (χ2n) is 8.25. The molecule has 2 unspecified atom stereocenters. The van der Waals surface area contributed by atoms with Crippen LogP contribution in [0, 0.1) is 5.92 Å². The Kier molecular flexibility index (Phi) is 10.5. The fourth-order valence-electron chi connectivity index (χ4n) is 3.80. The first-order valence-corrected chi connectivity index (χ1v) is 10.9. The number of nitrogens with zero attached hydrogens (tertiary/aromatic N) is 3. The zero-order valence-electron chi connectivity index (χ0n) is 18.8. The number of rotatable bonds is 7. The zero-order valence-corrected chi connectivity index (χ0v) is 21.1. The van der Waals surface area contributed by atoms with Gasteiger partial charge in [-0.05, 0) is 32.0 Å². The minimum Gasteiger partial charge on any atom is -0.486 e. The number of benzene rings is 1. The summed E-state index contributed by atoms with van der Waals surface area (Å²) in [4.78, 5) is 9.89. The van der Waals surface area contributed by atoms with Gasteiger partial charge < -0.3 is 25.0 Å². The normalized spacial score (nSPS) is 21.1. The number of fused-ring (bicyclic) bond motifs is 1. The van der Waals surface area contributed by atoms with E-state index in [1.807, 2.05) is 24.3 Å². The van der Waals surface area contributed by atoms with Crippen molar-refractivity contribution in [1.82, 2.24) is 20.4 Å². The molecule has 1 fully saturated rings. The van der Waals surface area contributed by atoms with Gasteiger partial charge in [0.1, 0.15) is 12.7 Å². The highest BCUT2D eigenvalue weighted by molar-refractivity contribution is 14.0. The van der Waals surface area contributed by atoms with Crippen molar-refractivity contribution in [3.63, 3.8) is 0 Å². The van der Waals surface area contributed by atoms with E-state index in [2.05, 4.69) is 48.3 Å². The van der Waals surface area contributed by atoms with Gasteiger partial charge in [-0.3, -0.25) is 9.89 Å². The van der Waals surface area contributed by atoms with Crippen molar-refractivity contribution in [2.75, 3.05) is 59.5 Å². The molecule has 170 valence electrons. The van der Waals surface area contributed by atoms with Crippen molar-refractivity contribution in [1.29, 1.82) is 0 Å². The van der Waals surface area contributed by atoms with Crippen LogP contribution in [-0.4, -0.2) is 87.4 Å². The molecule has 30 heavy (non-hydrogen) atoms. The molecule has 1 aromatic rings. The van der Waals surface area contributed by atoms with E-state index in [0.717, 1.165) is 56.7 Å². The maximum atomic E-state index is 6.05. The average molecular weight is 531 g/mol. The lowest BCUT2D eigenvalue weighted by Gasteiger charge is -2.39. The van der Waals surface area contributed by atoms with Crippen LogP contribution in [0.4, 0.5) is 0 Å². The monoisotopic (exact) mass is 531 g/mol. The Bertz CT molecular complexity index is 665. The molecule has 1 saturated heterocycles. The average Bonchev–Trinajstić information content (AvgIpc) is 2.73. The topological polar surface area (TPSA) is 61.4 Å². The highest BCUT2D eigenvalue weighted by atomic mass is 127. The van der Waals surface area contributed by atoms with E-state index >= 15 is 0 Å². The summed E-state index contributed by atoms with van der Waals surface area (Å²) in [5, 5.41) is 6.79. The summed E-state index contributed by atoms with van der Waals surface area (Å²) in [5.74, 6) is 3.03. The predicted molar refractivity (Wildman–Crippen MR) is 133 cm³/mol. The number of ether oxygens (including phenoxy) is 2. The fourth-order valence-corrected chi connectivity index (χ4v) is 3.80. The molecule has 2 heterocycles. The Morgan fingerprint density at radius 1 is 1.13 bits per heavy atom. The lowest BCUT2D eigenvalue weighted by molar-refractivity contribution is 0.0916. The molecule has 7 nitrogen and oxygen atoms in total. The fraction of sp³-hybridized carbons (Fsp3) is 0.682. The third kappa shape index (κ3) is 7.16. The Labute approximate surface area is 198 Å². The molecule has 2 aliphatic heterocycles. The highest BCUT2D eigenvalue weighted by Crippen LogP contribution is 2.30. The second kappa shape index (κ2) is 12.6. The molecular formula is C22H38IN5O2. The van der Waals surface area contributed by atoms with E-state index in [1.54, 1.807) is 0 Å². The summed E-state index contributed by atoms with van der Waals surface area (Å²) in [7, 11) is 2.20. The molecule has 1 aromatic carbocycles. The Morgan fingerprint density at radius 3 is 2.50 bits per heavy atom. The van der Waals surface area contributed by atoms with Gasteiger partial charge in [-0.2, -0.15) is 0 Å². The lowest BCUT2D eigenvalue weighted by Crippen LogP contribution is -2.52. The largest absolute Gasteiger partial charge is 0.486 e. The summed E-state index contributed by atoms with van der Waals surface area (Å²) in [6, 6.07) is 8.27. The lowest BCUT2D eigenvalue weighted by atomic mass is 10.0. The first-order valence-electron chi connectivity index (χ1n) is 10.9. The maximum Gasteiger partial charge on any atom is 0.191 e. The van der Waals surface area contributed by atoms with Gasteiger partial charge in [0.2, 0.25) is 0 Å². The Hall–Kier alpha value is -1.26. The zero-order chi connectivity index (χ0) is 20.6. The number of piperazine rings is 1. The van der Waals surface area contributed by atoms with Crippen LogP contribution >= 0.6 is 24.0 Å². The molecule has 0 aromatic heterocycles. The number of nitrogens with one attached hydrogen (secondary N) is 2. The number of aliphatic imine (C=N–C) groups is 1. The number of para-hydroxylation sites is 2. The highest BCUT2D eigenvalue weighted by Gasteiger charge is 2.25. The number of likely N-dealkylation sites (N-methyl/N-ethyl adjacent to an activating group) is 1. The van der Waals surface area contributed by atoms with Crippen LogP contribution in [0.3, 0.4) is 0 Å². The van der Waals surface area contributed by atoms with Crippen molar-refractivity contribution < 1.29 is 9.47 Å². The molecule has 0 radical (unpaired) electrons.